The normalized spacial score (nSPS) is 10.5. The second kappa shape index (κ2) is 8.54. The van der Waals surface area contributed by atoms with E-state index in [4.69, 9.17) is 4.74 Å². The van der Waals surface area contributed by atoms with E-state index in [9.17, 15) is 9.59 Å². The van der Waals surface area contributed by atoms with Gasteiger partial charge in [-0.1, -0.05) is 38.9 Å². The SMILES string of the molecule is CCCCNC(=O)c1ccc(C#C[Si](C)(C)C)c(OC(C)=O)c1. The van der Waals surface area contributed by atoms with Crippen LogP contribution in [0.25, 0.3) is 0 Å². The van der Waals surface area contributed by atoms with Crippen LogP contribution in [-0.4, -0.2) is 26.5 Å². The van der Waals surface area contributed by atoms with E-state index in [1.807, 2.05) is 0 Å². The van der Waals surface area contributed by atoms with Gasteiger partial charge in [-0.15, -0.1) is 5.54 Å². The number of nitrogens with one attached hydrogen (secondary N) is 1. The Bertz CT molecular complexity index is 636. The number of amides is 1. The first kappa shape index (κ1) is 19.0. The Morgan fingerprint density at radius 2 is 1.96 bits per heavy atom. The Hall–Kier alpha value is -2.06. The fraction of sp³-hybridized carbons (Fsp3) is 0.444. The highest BCUT2D eigenvalue weighted by molar-refractivity contribution is 6.83. The molecule has 1 rings (SSSR count). The summed E-state index contributed by atoms with van der Waals surface area (Å²) >= 11 is 0. The van der Waals surface area contributed by atoms with E-state index in [2.05, 4.69) is 43.3 Å². The lowest BCUT2D eigenvalue weighted by Crippen LogP contribution is -2.24. The third-order valence-electron chi connectivity index (χ3n) is 2.89. The molecule has 23 heavy (non-hydrogen) atoms. The molecule has 124 valence electrons. The average molecular weight is 331 g/mol. The van der Waals surface area contributed by atoms with E-state index < -0.39 is 14.0 Å². The van der Waals surface area contributed by atoms with Gasteiger partial charge in [0.15, 0.2) is 0 Å². The van der Waals surface area contributed by atoms with Crippen molar-refractivity contribution in [3.63, 3.8) is 0 Å². The molecule has 0 aromatic heterocycles. The zero-order valence-corrected chi connectivity index (χ0v) is 15.6. The van der Waals surface area contributed by atoms with Gasteiger partial charge in [-0.25, -0.2) is 0 Å². The van der Waals surface area contributed by atoms with E-state index in [1.165, 1.54) is 6.92 Å². The minimum atomic E-state index is -1.54. The van der Waals surface area contributed by atoms with Crippen LogP contribution in [0, 0.1) is 11.5 Å². The molecule has 0 aliphatic heterocycles. The molecule has 0 saturated carbocycles. The predicted octanol–water partition coefficient (Wildman–Crippen LogP) is 3.37. The smallest absolute Gasteiger partial charge is 0.308 e. The standard InChI is InChI=1S/C18H25NO3Si/c1-6-7-11-19-18(21)16-9-8-15(10-12-23(3,4)5)17(13-16)22-14(2)20/h8-9,13H,6-7,11H2,1-5H3,(H,19,21). The first-order valence-electron chi connectivity index (χ1n) is 7.87. The van der Waals surface area contributed by atoms with Crippen molar-refractivity contribution in [2.45, 2.75) is 46.3 Å². The summed E-state index contributed by atoms with van der Waals surface area (Å²) in [7, 11) is -1.54. The van der Waals surface area contributed by atoms with Crippen molar-refractivity contribution in [2.75, 3.05) is 6.54 Å². The molecule has 1 aromatic carbocycles. The summed E-state index contributed by atoms with van der Waals surface area (Å²) in [4.78, 5) is 23.4. The van der Waals surface area contributed by atoms with Gasteiger partial charge in [-0.2, -0.15) is 0 Å². The fourth-order valence-corrected chi connectivity index (χ4v) is 2.25. The van der Waals surface area contributed by atoms with Gasteiger partial charge in [0.1, 0.15) is 13.8 Å². The molecule has 1 amide bonds. The molecule has 0 fully saturated rings. The van der Waals surface area contributed by atoms with Gasteiger partial charge in [-0.05, 0) is 24.6 Å². The van der Waals surface area contributed by atoms with Crippen LogP contribution in [0.5, 0.6) is 5.75 Å². The summed E-state index contributed by atoms with van der Waals surface area (Å²) in [5.74, 6) is 2.82. The van der Waals surface area contributed by atoms with Gasteiger partial charge in [-0.3, -0.25) is 9.59 Å². The first-order chi connectivity index (χ1) is 10.7. The highest BCUT2D eigenvalue weighted by Crippen LogP contribution is 2.20. The van der Waals surface area contributed by atoms with Gasteiger partial charge in [0, 0.05) is 19.0 Å². The van der Waals surface area contributed by atoms with Crippen molar-refractivity contribution in [2.24, 2.45) is 0 Å². The van der Waals surface area contributed by atoms with Crippen molar-refractivity contribution >= 4 is 20.0 Å². The molecule has 0 aliphatic carbocycles. The summed E-state index contributed by atoms with van der Waals surface area (Å²) in [6, 6.07) is 5.03. The van der Waals surface area contributed by atoms with E-state index in [0.29, 0.717) is 23.4 Å². The number of benzene rings is 1. The topological polar surface area (TPSA) is 55.4 Å². The van der Waals surface area contributed by atoms with Crippen molar-refractivity contribution in [3.8, 4) is 17.2 Å². The van der Waals surface area contributed by atoms with Gasteiger partial charge in [0.2, 0.25) is 0 Å². The average Bonchev–Trinajstić information content (AvgIpc) is 2.44. The molecule has 1 aromatic rings. The van der Waals surface area contributed by atoms with E-state index in [-0.39, 0.29) is 5.91 Å². The molecule has 0 bridgehead atoms. The molecule has 1 N–H and O–H groups in total. The molecule has 4 nitrogen and oxygen atoms in total. The van der Waals surface area contributed by atoms with Crippen molar-refractivity contribution in [3.05, 3.63) is 29.3 Å². The van der Waals surface area contributed by atoms with Crippen molar-refractivity contribution < 1.29 is 14.3 Å². The zero-order valence-electron chi connectivity index (χ0n) is 14.6. The van der Waals surface area contributed by atoms with Crippen LogP contribution in [0.15, 0.2) is 18.2 Å². The molecule has 0 spiro atoms. The Morgan fingerprint density at radius 1 is 1.26 bits per heavy atom. The molecular formula is C18H25NO3Si. The Kier molecular flexibility index (Phi) is 7.05. The zero-order chi connectivity index (χ0) is 17.5. The lowest BCUT2D eigenvalue weighted by Gasteiger charge is -2.09. The number of hydrogen-bond acceptors (Lipinski definition) is 3. The summed E-state index contributed by atoms with van der Waals surface area (Å²) in [5.41, 5.74) is 4.34. The molecular weight excluding hydrogens is 306 g/mol. The minimum Gasteiger partial charge on any atom is -0.425 e. The number of ether oxygens (including phenoxy) is 1. The van der Waals surface area contributed by atoms with E-state index in [1.54, 1.807) is 18.2 Å². The van der Waals surface area contributed by atoms with E-state index >= 15 is 0 Å². The summed E-state index contributed by atoms with van der Waals surface area (Å²) < 4.78 is 5.22. The largest absolute Gasteiger partial charge is 0.425 e. The van der Waals surface area contributed by atoms with Crippen LogP contribution in [-0.2, 0) is 4.79 Å². The monoisotopic (exact) mass is 331 g/mol. The van der Waals surface area contributed by atoms with Crippen molar-refractivity contribution in [1.82, 2.24) is 5.32 Å². The molecule has 0 heterocycles. The van der Waals surface area contributed by atoms with Crippen LogP contribution in [0.2, 0.25) is 19.6 Å². The number of unbranched alkanes of at least 4 members (excludes halogenated alkanes) is 1. The van der Waals surface area contributed by atoms with Crippen LogP contribution in [0.4, 0.5) is 0 Å². The molecule has 0 unspecified atom stereocenters. The molecule has 5 heteroatoms. The first-order valence-corrected chi connectivity index (χ1v) is 11.4. The number of hydrogen-bond donors (Lipinski definition) is 1. The summed E-state index contributed by atoms with van der Waals surface area (Å²) in [5, 5.41) is 2.85. The van der Waals surface area contributed by atoms with Gasteiger partial charge >= 0.3 is 5.97 Å². The highest BCUT2D eigenvalue weighted by Gasteiger charge is 2.12. The predicted molar refractivity (Wildman–Crippen MR) is 95.2 cm³/mol. The fourth-order valence-electron chi connectivity index (χ4n) is 1.74. The Morgan fingerprint density at radius 3 is 2.52 bits per heavy atom. The third kappa shape index (κ3) is 7.16. The van der Waals surface area contributed by atoms with Gasteiger partial charge in [0.05, 0.1) is 5.56 Å². The van der Waals surface area contributed by atoms with E-state index in [0.717, 1.165) is 12.8 Å². The number of carbonyl (C=O) groups is 2. The quantitative estimate of drug-likeness (QED) is 0.296. The molecule has 0 saturated heterocycles. The summed E-state index contributed by atoms with van der Waals surface area (Å²) in [6.45, 7) is 10.5. The number of rotatable bonds is 5. The highest BCUT2D eigenvalue weighted by atomic mass is 28.3. The third-order valence-corrected chi connectivity index (χ3v) is 3.76. The van der Waals surface area contributed by atoms with Crippen LogP contribution >= 0.6 is 0 Å². The maximum Gasteiger partial charge on any atom is 0.308 e. The molecule has 0 atom stereocenters. The maximum atomic E-state index is 12.1. The van der Waals surface area contributed by atoms with Crippen LogP contribution < -0.4 is 10.1 Å². The second-order valence-electron chi connectivity index (χ2n) is 6.41. The maximum absolute atomic E-state index is 12.1. The molecule has 0 aliphatic rings. The van der Waals surface area contributed by atoms with Crippen LogP contribution in [0.1, 0.15) is 42.6 Å². The minimum absolute atomic E-state index is 0.170. The summed E-state index contributed by atoms with van der Waals surface area (Å²) in [6.07, 6.45) is 1.95. The lowest BCUT2D eigenvalue weighted by atomic mass is 10.1. The second-order valence-corrected chi connectivity index (χ2v) is 11.2. The molecule has 0 radical (unpaired) electrons. The van der Waals surface area contributed by atoms with Gasteiger partial charge < -0.3 is 10.1 Å². The Balaban J connectivity index is 3.07. The van der Waals surface area contributed by atoms with Gasteiger partial charge in [0.25, 0.3) is 5.91 Å². The lowest BCUT2D eigenvalue weighted by molar-refractivity contribution is -0.131. The Labute approximate surface area is 139 Å². The number of carbonyl (C=O) groups excluding carboxylic acids is 2. The van der Waals surface area contributed by atoms with Crippen LogP contribution in [0.3, 0.4) is 0 Å². The number of esters is 1. The van der Waals surface area contributed by atoms with Crippen molar-refractivity contribution in [1.29, 1.82) is 0 Å².